The van der Waals surface area contributed by atoms with Crippen molar-refractivity contribution in [3.63, 3.8) is 0 Å². The van der Waals surface area contributed by atoms with Gasteiger partial charge in [-0.1, -0.05) is 18.2 Å². The van der Waals surface area contributed by atoms with Crippen LogP contribution in [0.25, 0.3) is 10.9 Å². The minimum Gasteiger partial charge on any atom is -0.271 e. The Morgan fingerprint density at radius 1 is 1.22 bits per heavy atom. The van der Waals surface area contributed by atoms with Crippen LogP contribution in [0.4, 0.5) is 0 Å². The third-order valence-electron chi connectivity index (χ3n) is 2.85. The van der Waals surface area contributed by atoms with Crippen molar-refractivity contribution >= 4 is 22.2 Å². The van der Waals surface area contributed by atoms with E-state index >= 15 is 0 Å². The Labute approximate surface area is 108 Å². The molecule has 0 fully saturated rings. The van der Waals surface area contributed by atoms with Crippen LogP contribution in [0.3, 0.4) is 0 Å². The van der Waals surface area contributed by atoms with Crippen molar-refractivity contribution in [3.05, 3.63) is 58.7 Å². The average molecular weight is 256 g/mol. The lowest BCUT2D eigenvalue weighted by molar-refractivity contribution is 0.644. The van der Waals surface area contributed by atoms with E-state index in [1.54, 1.807) is 16.8 Å². The Kier molecular flexibility index (Phi) is 3.02. The highest BCUT2D eigenvalue weighted by molar-refractivity contribution is 7.09. The maximum absolute atomic E-state index is 5.64. The van der Waals surface area contributed by atoms with Gasteiger partial charge in [-0.05, 0) is 17.7 Å². The highest BCUT2D eigenvalue weighted by atomic mass is 32.1. The van der Waals surface area contributed by atoms with E-state index in [-0.39, 0.29) is 6.04 Å². The zero-order valence-corrected chi connectivity index (χ0v) is 10.4. The lowest BCUT2D eigenvalue weighted by atomic mass is 10.1. The van der Waals surface area contributed by atoms with E-state index in [4.69, 9.17) is 5.84 Å². The topological polar surface area (TPSA) is 63.8 Å². The number of pyridine rings is 1. The second kappa shape index (κ2) is 4.81. The van der Waals surface area contributed by atoms with E-state index in [0.717, 1.165) is 21.3 Å². The van der Waals surface area contributed by atoms with Crippen molar-refractivity contribution in [1.29, 1.82) is 0 Å². The van der Waals surface area contributed by atoms with Gasteiger partial charge in [-0.2, -0.15) is 0 Å². The fourth-order valence-electron chi connectivity index (χ4n) is 1.96. The largest absolute Gasteiger partial charge is 0.271 e. The van der Waals surface area contributed by atoms with Crippen LogP contribution in [0.5, 0.6) is 0 Å². The van der Waals surface area contributed by atoms with Crippen molar-refractivity contribution in [2.45, 2.75) is 6.04 Å². The molecule has 0 radical (unpaired) electrons. The molecule has 90 valence electrons. The molecular formula is C13H12N4S. The third-order valence-corrected chi connectivity index (χ3v) is 3.69. The number of benzene rings is 1. The van der Waals surface area contributed by atoms with Gasteiger partial charge in [-0.3, -0.25) is 15.8 Å². The highest BCUT2D eigenvalue weighted by Crippen LogP contribution is 2.25. The van der Waals surface area contributed by atoms with Gasteiger partial charge in [0.05, 0.1) is 17.1 Å². The number of thiazole rings is 1. The van der Waals surface area contributed by atoms with Gasteiger partial charge in [0.25, 0.3) is 0 Å². The van der Waals surface area contributed by atoms with Crippen LogP contribution in [-0.4, -0.2) is 9.97 Å². The molecule has 3 aromatic rings. The van der Waals surface area contributed by atoms with E-state index in [2.05, 4.69) is 21.5 Å². The predicted molar refractivity (Wildman–Crippen MR) is 73.0 cm³/mol. The summed E-state index contributed by atoms with van der Waals surface area (Å²) < 4.78 is 0. The molecule has 0 aliphatic rings. The monoisotopic (exact) mass is 256 g/mol. The fourth-order valence-corrected chi connectivity index (χ4v) is 2.66. The SMILES string of the molecule is NNC(c1cnc2ccccc2c1)c1cncs1. The molecule has 2 heterocycles. The summed E-state index contributed by atoms with van der Waals surface area (Å²) in [5.41, 5.74) is 6.65. The highest BCUT2D eigenvalue weighted by Gasteiger charge is 2.14. The van der Waals surface area contributed by atoms with Gasteiger partial charge in [0.1, 0.15) is 0 Å². The van der Waals surface area contributed by atoms with Crippen LogP contribution in [0, 0.1) is 0 Å². The van der Waals surface area contributed by atoms with E-state index in [9.17, 15) is 0 Å². The zero-order valence-electron chi connectivity index (χ0n) is 9.58. The molecule has 4 nitrogen and oxygen atoms in total. The van der Waals surface area contributed by atoms with E-state index in [0.29, 0.717) is 0 Å². The summed E-state index contributed by atoms with van der Waals surface area (Å²) in [6.07, 6.45) is 3.68. The van der Waals surface area contributed by atoms with Gasteiger partial charge >= 0.3 is 0 Å². The molecule has 0 amide bonds. The Balaban J connectivity index is 2.07. The average Bonchev–Trinajstić information content (AvgIpc) is 2.93. The molecule has 0 saturated carbocycles. The number of para-hydroxylation sites is 1. The van der Waals surface area contributed by atoms with Gasteiger partial charge in [0, 0.05) is 22.7 Å². The molecule has 1 atom stereocenters. The van der Waals surface area contributed by atoms with Gasteiger partial charge in [-0.15, -0.1) is 11.3 Å². The van der Waals surface area contributed by atoms with Crippen molar-refractivity contribution in [2.24, 2.45) is 5.84 Å². The maximum atomic E-state index is 5.64. The third kappa shape index (κ3) is 1.99. The van der Waals surface area contributed by atoms with Crippen LogP contribution >= 0.6 is 11.3 Å². The fraction of sp³-hybridized carbons (Fsp3) is 0.0769. The predicted octanol–water partition coefficient (Wildman–Crippen LogP) is 2.24. The first kappa shape index (κ1) is 11.3. The number of fused-ring (bicyclic) bond motifs is 1. The van der Waals surface area contributed by atoms with E-state index in [1.807, 2.05) is 36.7 Å². The summed E-state index contributed by atoms with van der Waals surface area (Å²) >= 11 is 1.57. The maximum Gasteiger partial charge on any atom is 0.0833 e. The molecule has 3 N–H and O–H groups in total. The number of nitrogens with zero attached hydrogens (tertiary/aromatic N) is 2. The molecule has 0 aliphatic carbocycles. The summed E-state index contributed by atoms with van der Waals surface area (Å²) in [5.74, 6) is 5.64. The standard InChI is InChI=1S/C13H12N4S/c14-17-13(12-7-15-8-18-12)10-5-9-3-1-2-4-11(9)16-6-10/h1-8,13,17H,14H2. The molecule has 18 heavy (non-hydrogen) atoms. The van der Waals surface area contributed by atoms with Gasteiger partial charge in [-0.25, -0.2) is 5.43 Å². The minimum atomic E-state index is -0.0605. The summed E-state index contributed by atoms with van der Waals surface area (Å²) in [4.78, 5) is 9.61. The number of rotatable bonds is 3. The molecule has 1 unspecified atom stereocenters. The zero-order chi connectivity index (χ0) is 12.4. The van der Waals surface area contributed by atoms with Crippen LogP contribution in [0.2, 0.25) is 0 Å². The lowest BCUT2D eigenvalue weighted by Gasteiger charge is -2.14. The first-order chi connectivity index (χ1) is 8.88. The van der Waals surface area contributed by atoms with Crippen LogP contribution in [0.15, 0.2) is 48.2 Å². The van der Waals surface area contributed by atoms with Crippen molar-refractivity contribution < 1.29 is 0 Å². The number of nitrogens with one attached hydrogen (secondary N) is 1. The van der Waals surface area contributed by atoms with Crippen molar-refractivity contribution in [3.8, 4) is 0 Å². The van der Waals surface area contributed by atoms with E-state index < -0.39 is 0 Å². The first-order valence-corrected chi connectivity index (χ1v) is 6.45. The van der Waals surface area contributed by atoms with Crippen molar-refractivity contribution in [2.75, 3.05) is 0 Å². The van der Waals surface area contributed by atoms with Crippen LogP contribution < -0.4 is 11.3 Å². The van der Waals surface area contributed by atoms with Gasteiger partial charge in [0.15, 0.2) is 0 Å². The number of hydrogen-bond acceptors (Lipinski definition) is 5. The van der Waals surface area contributed by atoms with Gasteiger partial charge < -0.3 is 0 Å². The second-order valence-electron chi connectivity index (χ2n) is 3.96. The second-order valence-corrected chi connectivity index (χ2v) is 4.88. The van der Waals surface area contributed by atoms with Crippen LogP contribution in [0.1, 0.15) is 16.5 Å². The van der Waals surface area contributed by atoms with Crippen molar-refractivity contribution in [1.82, 2.24) is 15.4 Å². The molecule has 0 spiro atoms. The normalized spacial score (nSPS) is 12.7. The molecule has 2 aromatic heterocycles. The molecule has 1 aromatic carbocycles. The smallest absolute Gasteiger partial charge is 0.0833 e. The Hall–Kier alpha value is -1.82. The molecule has 0 saturated heterocycles. The molecule has 3 rings (SSSR count). The lowest BCUT2D eigenvalue weighted by Crippen LogP contribution is -2.28. The Bertz CT molecular complexity index is 651. The molecular weight excluding hydrogens is 244 g/mol. The van der Waals surface area contributed by atoms with Gasteiger partial charge in [0.2, 0.25) is 0 Å². The number of aromatic nitrogens is 2. The summed E-state index contributed by atoms with van der Waals surface area (Å²) in [6, 6.07) is 10.1. The minimum absolute atomic E-state index is 0.0605. The Morgan fingerprint density at radius 3 is 2.89 bits per heavy atom. The molecule has 0 aliphatic heterocycles. The quantitative estimate of drug-likeness (QED) is 0.557. The molecule has 0 bridgehead atoms. The Morgan fingerprint density at radius 2 is 2.11 bits per heavy atom. The summed E-state index contributed by atoms with van der Waals surface area (Å²) in [6.45, 7) is 0. The van der Waals surface area contributed by atoms with Crippen LogP contribution in [-0.2, 0) is 0 Å². The molecule has 5 heteroatoms. The summed E-state index contributed by atoms with van der Waals surface area (Å²) in [7, 11) is 0. The number of hydrazine groups is 1. The number of nitrogens with two attached hydrogens (primary N) is 1. The number of hydrogen-bond donors (Lipinski definition) is 2. The first-order valence-electron chi connectivity index (χ1n) is 5.57. The summed E-state index contributed by atoms with van der Waals surface area (Å²) in [5, 5.41) is 1.11. The van der Waals surface area contributed by atoms with E-state index in [1.165, 1.54) is 0 Å².